The SMILES string of the molecule is Cc1ccc(C(=O)Nc2ccc(CN3CCN(C)CC3)c(C(F)(F)F)c2)cc1Oc1cc(-c2ccncc2)nc2[nH]ccc12. The molecule has 0 bridgehead atoms. The summed E-state index contributed by atoms with van der Waals surface area (Å²) in [5.74, 6) is 0.425. The number of ether oxygens (including phenoxy) is 1. The second-order valence-corrected chi connectivity index (χ2v) is 11.0. The van der Waals surface area contributed by atoms with Gasteiger partial charge in [-0.3, -0.25) is 14.7 Å². The highest BCUT2D eigenvalue weighted by Crippen LogP contribution is 2.36. The van der Waals surface area contributed by atoms with Gasteiger partial charge in [0.1, 0.15) is 17.1 Å². The monoisotopic (exact) mass is 600 g/mol. The number of halogens is 3. The molecule has 1 saturated heterocycles. The molecule has 6 rings (SSSR count). The van der Waals surface area contributed by atoms with E-state index in [4.69, 9.17) is 4.74 Å². The number of aromatic nitrogens is 3. The van der Waals surface area contributed by atoms with Crippen molar-refractivity contribution >= 4 is 22.6 Å². The van der Waals surface area contributed by atoms with E-state index in [0.717, 1.165) is 35.7 Å². The highest BCUT2D eigenvalue weighted by Gasteiger charge is 2.34. The minimum absolute atomic E-state index is 0.0673. The predicted octanol–water partition coefficient (Wildman–Crippen LogP) is 6.74. The molecule has 0 atom stereocenters. The maximum Gasteiger partial charge on any atom is 0.416 e. The lowest BCUT2D eigenvalue weighted by Gasteiger charge is -2.33. The number of carbonyl (C=O) groups excluding carboxylic acids is 1. The average Bonchev–Trinajstić information content (AvgIpc) is 3.49. The van der Waals surface area contributed by atoms with Crippen molar-refractivity contribution in [3.05, 3.63) is 102 Å². The Hall–Kier alpha value is -4.74. The number of hydrogen-bond acceptors (Lipinski definition) is 6. The third-order valence-corrected chi connectivity index (χ3v) is 7.80. The van der Waals surface area contributed by atoms with Crippen molar-refractivity contribution in [3.63, 3.8) is 0 Å². The highest BCUT2D eigenvalue weighted by molar-refractivity contribution is 6.04. The molecule has 11 heteroatoms. The van der Waals surface area contributed by atoms with Gasteiger partial charge in [0, 0.05) is 74.2 Å². The molecule has 1 amide bonds. The molecule has 3 aromatic heterocycles. The Balaban J connectivity index is 1.24. The number of aromatic amines is 1. The number of hydrogen-bond donors (Lipinski definition) is 2. The van der Waals surface area contributed by atoms with E-state index in [1.54, 1.807) is 36.8 Å². The van der Waals surface area contributed by atoms with Crippen LogP contribution >= 0.6 is 0 Å². The maximum absolute atomic E-state index is 14.1. The maximum atomic E-state index is 14.1. The zero-order chi connectivity index (χ0) is 30.8. The van der Waals surface area contributed by atoms with Crippen LogP contribution < -0.4 is 10.1 Å². The van der Waals surface area contributed by atoms with Gasteiger partial charge in [-0.05, 0) is 67.6 Å². The van der Waals surface area contributed by atoms with Gasteiger partial charge in [-0.25, -0.2) is 4.98 Å². The van der Waals surface area contributed by atoms with Crippen LogP contribution in [0.1, 0.15) is 27.0 Å². The normalized spacial score (nSPS) is 14.6. The summed E-state index contributed by atoms with van der Waals surface area (Å²) in [4.78, 5) is 29.3. The Morgan fingerprint density at radius 1 is 0.977 bits per heavy atom. The van der Waals surface area contributed by atoms with Gasteiger partial charge in [-0.15, -0.1) is 0 Å². The number of rotatable bonds is 7. The first-order valence-electron chi connectivity index (χ1n) is 14.2. The topological polar surface area (TPSA) is 86.4 Å². The van der Waals surface area contributed by atoms with Crippen molar-refractivity contribution < 1.29 is 22.7 Å². The largest absolute Gasteiger partial charge is 0.456 e. The Bertz CT molecular complexity index is 1800. The third-order valence-electron chi connectivity index (χ3n) is 7.80. The molecule has 2 N–H and O–H groups in total. The molecule has 1 aliphatic heterocycles. The number of amides is 1. The molecule has 1 aliphatic rings. The summed E-state index contributed by atoms with van der Waals surface area (Å²) >= 11 is 0. The fourth-order valence-corrected chi connectivity index (χ4v) is 5.24. The van der Waals surface area contributed by atoms with Crippen molar-refractivity contribution in [1.29, 1.82) is 0 Å². The molecule has 0 unspecified atom stereocenters. The number of alkyl halides is 3. The van der Waals surface area contributed by atoms with Crippen LogP contribution in [0.3, 0.4) is 0 Å². The smallest absolute Gasteiger partial charge is 0.416 e. The van der Waals surface area contributed by atoms with Crippen molar-refractivity contribution in [2.24, 2.45) is 0 Å². The first-order chi connectivity index (χ1) is 21.1. The minimum Gasteiger partial charge on any atom is -0.456 e. The van der Waals surface area contributed by atoms with E-state index in [1.165, 1.54) is 12.1 Å². The molecular weight excluding hydrogens is 569 g/mol. The van der Waals surface area contributed by atoms with E-state index in [9.17, 15) is 18.0 Å². The Kier molecular flexibility index (Phi) is 8.07. The number of benzene rings is 2. The molecule has 0 radical (unpaired) electrons. The molecule has 2 aromatic carbocycles. The van der Waals surface area contributed by atoms with Crippen LogP contribution in [-0.4, -0.2) is 63.9 Å². The van der Waals surface area contributed by atoms with Gasteiger partial charge in [0.25, 0.3) is 5.91 Å². The Labute approximate surface area is 252 Å². The number of nitrogens with zero attached hydrogens (tertiary/aromatic N) is 4. The lowest BCUT2D eigenvalue weighted by molar-refractivity contribution is -0.138. The second-order valence-electron chi connectivity index (χ2n) is 11.0. The standard InChI is InChI=1S/C33H31F3N6O2/c1-21-3-4-23(17-29(21)44-30-19-28(22-7-10-37-11-8-22)40-31-26(30)9-12-38-31)32(43)39-25-6-5-24(27(18-25)33(34,35)36)20-42-15-13-41(2)14-16-42/h3-12,17-19H,13-16,20H2,1-2H3,(H,38,40)(H,39,43). The third kappa shape index (κ3) is 6.43. The zero-order valence-electron chi connectivity index (χ0n) is 24.3. The molecule has 226 valence electrons. The number of anilines is 1. The van der Waals surface area contributed by atoms with E-state index in [1.807, 2.05) is 43.1 Å². The number of nitrogens with one attached hydrogen (secondary N) is 2. The van der Waals surface area contributed by atoms with Crippen molar-refractivity contribution in [3.8, 4) is 22.8 Å². The summed E-state index contributed by atoms with van der Waals surface area (Å²) in [6.07, 6.45) is 0.572. The number of aryl methyl sites for hydroxylation is 1. The van der Waals surface area contributed by atoms with Gasteiger partial charge in [0.15, 0.2) is 0 Å². The molecule has 0 aliphatic carbocycles. The molecule has 0 spiro atoms. The number of piperazine rings is 1. The van der Waals surface area contributed by atoms with Crippen LogP contribution in [-0.2, 0) is 12.7 Å². The zero-order valence-corrected chi connectivity index (χ0v) is 24.3. The first kappa shape index (κ1) is 29.3. The summed E-state index contributed by atoms with van der Waals surface area (Å²) < 4.78 is 48.5. The second kappa shape index (κ2) is 12.1. The van der Waals surface area contributed by atoms with Crippen LogP contribution in [0.25, 0.3) is 22.3 Å². The predicted molar refractivity (Wildman–Crippen MR) is 163 cm³/mol. The van der Waals surface area contributed by atoms with Crippen LogP contribution in [0.4, 0.5) is 18.9 Å². The average molecular weight is 601 g/mol. The number of fused-ring (bicyclic) bond motifs is 1. The van der Waals surface area contributed by atoms with Crippen molar-refractivity contribution in [1.82, 2.24) is 24.8 Å². The number of H-pyrrole nitrogens is 1. The van der Waals surface area contributed by atoms with Gasteiger partial charge in [-0.1, -0.05) is 12.1 Å². The summed E-state index contributed by atoms with van der Waals surface area (Å²) in [5, 5.41) is 3.40. The number of carbonyl (C=O) groups is 1. The summed E-state index contributed by atoms with van der Waals surface area (Å²) in [7, 11) is 2.00. The molecule has 44 heavy (non-hydrogen) atoms. The van der Waals surface area contributed by atoms with Crippen molar-refractivity contribution in [2.45, 2.75) is 19.6 Å². The van der Waals surface area contributed by atoms with Gasteiger partial charge in [0.2, 0.25) is 0 Å². The number of likely N-dealkylation sites (N-methyl/N-ethyl adjacent to an activating group) is 1. The van der Waals surface area contributed by atoms with E-state index in [2.05, 4.69) is 25.2 Å². The molecule has 0 saturated carbocycles. The van der Waals surface area contributed by atoms with Gasteiger partial charge in [0.05, 0.1) is 16.6 Å². The molecule has 4 heterocycles. The molecular formula is C33H31F3N6O2. The van der Waals surface area contributed by atoms with Crippen LogP contribution in [0, 0.1) is 6.92 Å². The van der Waals surface area contributed by atoms with E-state index < -0.39 is 17.6 Å². The van der Waals surface area contributed by atoms with Gasteiger partial charge in [-0.2, -0.15) is 13.2 Å². The molecule has 8 nitrogen and oxygen atoms in total. The molecule has 1 fully saturated rings. The first-order valence-corrected chi connectivity index (χ1v) is 14.2. The lowest BCUT2D eigenvalue weighted by Crippen LogP contribution is -2.44. The van der Waals surface area contributed by atoms with E-state index in [0.29, 0.717) is 35.9 Å². The quantitative estimate of drug-likeness (QED) is 0.215. The number of pyridine rings is 2. The Morgan fingerprint density at radius 3 is 2.50 bits per heavy atom. The van der Waals surface area contributed by atoms with Crippen molar-refractivity contribution in [2.75, 3.05) is 38.5 Å². The van der Waals surface area contributed by atoms with Gasteiger partial charge < -0.3 is 19.9 Å². The summed E-state index contributed by atoms with van der Waals surface area (Å²) in [6.45, 7) is 5.06. The summed E-state index contributed by atoms with van der Waals surface area (Å²) in [6, 6.07) is 16.3. The van der Waals surface area contributed by atoms with Crippen LogP contribution in [0.5, 0.6) is 11.5 Å². The highest BCUT2D eigenvalue weighted by atomic mass is 19.4. The Morgan fingerprint density at radius 2 is 1.75 bits per heavy atom. The fourth-order valence-electron chi connectivity index (χ4n) is 5.24. The van der Waals surface area contributed by atoms with Crippen LogP contribution in [0.2, 0.25) is 0 Å². The molecule has 5 aromatic rings. The van der Waals surface area contributed by atoms with E-state index in [-0.39, 0.29) is 23.4 Å². The lowest BCUT2D eigenvalue weighted by atomic mass is 10.0. The van der Waals surface area contributed by atoms with Gasteiger partial charge >= 0.3 is 6.18 Å². The van der Waals surface area contributed by atoms with E-state index >= 15 is 0 Å². The minimum atomic E-state index is -4.56. The fraction of sp³-hybridized carbons (Fsp3) is 0.242. The summed E-state index contributed by atoms with van der Waals surface area (Å²) in [5.41, 5.74) is 2.70. The van der Waals surface area contributed by atoms with Crippen LogP contribution in [0.15, 0.2) is 79.3 Å².